The highest BCUT2D eigenvalue weighted by Gasteiger charge is 2.34. The van der Waals surface area contributed by atoms with Crippen LogP contribution in [-0.2, 0) is 4.79 Å². The van der Waals surface area contributed by atoms with Gasteiger partial charge in [0.2, 0.25) is 11.9 Å². The molecule has 0 bridgehead atoms. The van der Waals surface area contributed by atoms with E-state index in [0.717, 1.165) is 18.0 Å². The zero-order chi connectivity index (χ0) is 17.8. The third kappa shape index (κ3) is 3.65. The maximum absolute atomic E-state index is 12.7. The largest absolute Gasteiger partial charge is 0.497 e. The molecular formula is C18H23N5O2. The first-order chi connectivity index (χ1) is 12.1. The van der Waals surface area contributed by atoms with Gasteiger partial charge in [0.25, 0.3) is 0 Å². The van der Waals surface area contributed by atoms with E-state index in [1.54, 1.807) is 44.6 Å². The summed E-state index contributed by atoms with van der Waals surface area (Å²) >= 11 is 0. The molecule has 0 aliphatic carbocycles. The van der Waals surface area contributed by atoms with Crippen LogP contribution in [0.3, 0.4) is 0 Å². The van der Waals surface area contributed by atoms with E-state index < -0.39 is 0 Å². The molecule has 0 radical (unpaired) electrons. The van der Waals surface area contributed by atoms with Gasteiger partial charge in [0, 0.05) is 51.8 Å². The monoisotopic (exact) mass is 341 g/mol. The van der Waals surface area contributed by atoms with Gasteiger partial charge >= 0.3 is 0 Å². The number of hydrogen-bond acceptors (Lipinski definition) is 6. The molecule has 7 nitrogen and oxygen atoms in total. The van der Waals surface area contributed by atoms with Crippen LogP contribution in [0.2, 0.25) is 0 Å². The Labute approximate surface area is 147 Å². The van der Waals surface area contributed by atoms with E-state index in [2.05, 4.69) is 14.9 Å². The topological polar surface area (TPSA) is 61.8 Å². The Morgan fingerprint density at radius 3 is 2.44 bits per heavy atom. The Hall–Kier alpha value is -2.83. The van der Waals surface area contributed by atoms with Gasteiger partial charge in [-0.05, 0) is 30.3 Å². The van der Waals surface area contributed by atoms with E-state index in [0.29, 0.717) is 19.0 Å². The van der Waals surface area contributed by atoms with Gasteiger partial charge < -0.3 is 19.4 Å². The first-order valence-corrected chi connectivity index (χ1v) is 8.24. The number of carbonyl (C=O) groups excluding carboxylic acids is 1. The average molecular weight is 341 g/mol. The Bertz CT molecular complexity index is 705. The second-order valence-corrected chi connectivity index (χ2v) is 6.13. The summed E-state index contributed by atoms with van der Waals surface area (Å²) in [4.78, 5) is 27.2. The number of nitrogens with zero attached hydrogens (tertiary/aromatic N) is 5. The molecule has 1 aliphatic heterocycles. The number of ether oxygens (including phenoxy) is 1. The minimum Gasteiger partial charge on any atom is -0.497 e. The van der Waals surface area contributed by atoms with Crippen LogP contribution in [0.5, 0.6) is 5.75 Å². The van der Waals surface area contributed by atoms with Crippen molar-refractivity contribution < 1.29 is 9.53 Å². The van der Waals surface area contributed by atoms with Crippen molar-refractivity contribution in [3.8, 4) is 5.75 Å². The Morgan fingerprint density at radius 2 is 1.84 bits per heavy atom. The van der Waals surface area contributed by atoms with Crippen LogP contribution in [0.25, 0.3) is 0 Å². The maximum Gasteiger partial charge on any atom is 0.246 e. The summed E-state index contributed by atoms with van der Waals surface area (Å²) in [5, 5.41) is 0. The smallest absolute Gasteiger partial charge is 0.246 e. The minimum absolute atomic E-state index is 0.0469. The average Bonchev–Trinajstić information content (AvgIpc) is 2.67. The zero-order valence-electron chi connectivity index (χ0n) is 14.8. The number of likely N-dealkylation sites (N-methyl/N-ethyl adjacent to an activating group) is 1. The number of anilines is 2. The number of benzene rings is 1. The molecule has 25 heavy (non-hydrogen) atoms. The quantitative estimate of drug-likeness (QED) is 0.835. The molecule has 0 saturated carbocycles. The van der Waals surface area contributed by atoms with Crippen molar-refractivity contribution in [1.29, 1.82) is 0 Å². The number of hydrogen-bond donors (Lipinski definition) is 0. The van der Waals surface area contributed by atoms with Crippen LogP contribution in [-0.4, -0.2) is 67.7 Å². The van der Waals surface area contributed by atoms with Gasteiger partial charge in [0.15, 0.2) is 0 Å². The number of carbonyl (C=O) groups is 1. The van der Waals surface area contributed by atoms with Crippen LogP contribution < -0.4 is 14.5 Å². The van der Waals surface area contributed by atoms with Crippen molar-refractivity contribution in [3.63, 3.8) is 0 Å². The molecule has 0 spiro atoms. The third-order valence-electron chi connectivity index (χ3n) is 4.35. The lowest BCUT2D eigenvalue weighted by Crippen LogP contribution is -2.59. The highest BCUT2D eigenvalue weighted by molar-refractivity contribution is 5.85. The van der Waals surface area contributed by atoms with Gasteiger partial charge in [0.1, 0.15) is 11.8 Å². The van der Waals surface area contributed by atoms with E-state index in [9.17, 15) is 4.79 Å². The number of aromatic nitrogens is 2. The fourth-order valence-electron chi connectivity index (χ4n) is 3.00. The highest BCUT2D eigenvalue weighted by Crippen LogP contribution is 2.24. The van der Waals surface area contributed by atoms with E-state index in [-0.39, 0.29) is 11.9 Å². The second kappa shape index (κ2) is 7.38. The van der Waals surface area contributed by atoms with E-state index in [4.69, 9.17) is 4.74 Å². The van der Waals surface area contributed by atoms with Crippen molar-refractivity contribution >= 4 is 17.5 Å². The highest BCUT2D eigenvalue weighted by atomic mass is 16.5. The van der Waals surface area contributed by atoms with Crippen molar-refractivity contribution in [2.75, 3.05) is 50.6 Å². The van der Waals surface area contributed by atoms with Gasteiger partial charge in [-0.2, -0.15) is 0 Å². The predicted molar refractivity (Wildman–Crippen MR) is 97.1 cm³/mol. The van der Waals surface area contributed by atoms with Crippen molar-refractivity contribution in [1.82, 2.24) is 14.9 Å². The number of amides is 1. The lowest BCUT2D eigenvalue weighted by atomic mass is 10.1. The first kappa shape index (κ1) is 17.0. The van der Waals surface area contributed by atoms with Crippen LogP contribution >= 0.6 is 0 Å². The molecular weight excluding hydrogens is 318 g/mol. The fraction of sp³-hybridized carbons (Fsp3) is 0.389. The Morgan fingerprint density at radius 1 is 1.16 bits per heavy atom. The number of methoxy groups -OCH3 is 1. The van der Waals surface area contributed by atoms with Gasteiger partial charge in [-0.25, -0.2) is 9.97 Å². The van der Waals surface area contributed by atoms with Crippen LogP contribution in [0.4, 0.5) is 11.6 Å². The Kier molecular flexibility index (Phi) is 5.02. The Balaban J connectivity index is 1.84. The minimum atomic E-state index is -0.326. The van der Waals surface area contributed by atoms with Crippen molar-refractivity contribution in [3.05, 3.63) is 42.7 Å². The van der Waals surface area contributed by atoms with E-state index in [1.165, 1.54) is 0 Å². The predicted octanol–water partition coefficient (Wildman–Crippen LogP) is 1.27. The number of rotatable bonds is 4. The molecule has 1 aromatic heterocycles. The lowest BCUT2D eigenvalue weighted by molar-refractivity contribution is -0.130. The summed E-state index contributed by atoms with van der Waals surface area (Å²) in [5.41, 5.74) is 1.07. The molecule has 3 rings (SSSR count). The summed E-state index contributed by atoms with van der Waals surface area (Å²) in [6.45, 7) is 2.06. The van der Waals surface area contributed by atoms with Gasteiger partial charge in [-0.3, -0.25) is 4.79 Å². The molecule has 132 valence electrons. The van der Waals surface area contributed by atoms with Gasteiger partial charge in [-0.15, -0.1) is 0 Å². The molecule has 1 amide bonds. The molecule has 7 heteroatoms. The van der Waals surface area contributed by atoms with Gasteiger partial charge in [-0.1, -0.05) is 0 Å². The summed E-state index contributed by atoms with van der Waals surface area (Å²) < 4.78 is 5.22. The molecule has 1 saturated heterocycles. The molecule has 2 aromatic rings. The molecule has 2 heterocycles. The van der Waals surface area contributed by atoms with E-state index >= 15 is 0 Å². The first-order valence-electron chi connectivity index (χ1n) is 8.24. The second-order valence-electron chi connectivity index (χ2n) is 6.13. The SMILES string of the molecule is COc1ccc(N2CCN(c3ncccn3)[C@H](C(=O)N(C)C)C2)cc1. The van der Waals surface area contributed by atoms with Crippen LogP contribution in [0.1, 0.15) is 0 Å². The summed E-state index contributed by atoms with van der Waals surface area (Å²) in [7, 11) is 5.21. The molecule has 1 atom stereocenters. The van der Waals surface area contributed by atoms with Crippen molar-refractivity contribution in [2.24, 2.45) is 0 Å². The van der Waals surface area contributed by atoms with Crippen LogP contribution in [0.15, 0.2) is 42.7 Å². The third-order valence-corrected chi connectivity index (χ3v) is 4.35. The van der Waals surface area contributed by atoms with Crippen molar-refractivity contribution in [2.45, 2.75) is 6.04 Å². The maximum atomic E-state index is 12.7. The normalized spacial score (nSPS) is 17.3. The van der Waals surface area contributed by atoms with E-state index in [1.807, 2.05) is 29.2 Å². The van der Waals surface area contributed by atoms with Crippen LogP contribution in [0, 0.1) is 0 Å². The summed E-state index contributed by atoms with van der Waals surface area (Å²) in [6.07, 6.45) is 3.41. The summed E-state index contributed by atoms with van der Waals surface area (Å²) in [5.74, 6) is 1.46. The molecule has 1 fully saturated rings. The number of piperazine rings is 1. The lowest BCUT2D eigenvalue weighted by Gasteiger charge is -2.42. The fourth-order valence-corrected chi connectivity index (χ4v) is 3.00. The molecule has 1 aromatic carbocycles. The molecule has 0 unspecified atom stereocenters. The summed E-state index contributed by atoms with van der Waals surface area (Å²) in [6, 6.07) is 9.36. The standard InChI is InChI=1S/C18H23N5O2/c1-21(2)17(24)16-13-22(14-5-7-15(25-3)8-6-14)11-12-23(16)18-19-9-4-10-20-18/h4-10,16H,11-13H2,1-3H3/t16-/m0/s1. The van der Waals surface area contributed by atoms with Gasteiger partial charge in [0.05, 0.1) is 7.11 Å². The molecule has 0 N–H and O–H groups in total. The zero-order valence-corrected chi connectivity index (χ0v) is 14.8. The molecule has 1 aliphatic rings.